The maximum atomic E-state index is 6.09. The number of benzene rings is 1. The van der Waals surface area contributed by atoms with Gasteiger partial charge in [0.2, 0.25) is 5.16 Å². The summed E-state index contributed by atoms with van der Waals surface area (Å²) < 4.78 is 7.38. The number of nitrogens with two attached hydrogens (primary N) is 1. The second-order valence-corrected chi connectivity index (χ2v) is 8.03. The van der Waals surface area contributed by atoms with Gasteiger partial charge < -0.3 is 10.6 Å². The molecule has 2 heterocycles. The molecule has 0 aliphatic carbocycles. The van der Waals surface area contributed by atoms with Crippen LogP contribution < -0.4 is 10.6 Å². The van der Waals surface area contributed by atoms with E-state index in [-0.39, 0.29) is 0 Å². The number of hydrogen-bond donors (Lipinski definition) is 1. The fourth-order valence-corrected chi connectivity index (χ4v) is 4.01. The Kier molecular flexibility index (Phi) is 5.65. The number of aryl methyl sites for hydroxylation is 1. The minimum Gasteiger partial charge on any atom is -0.493 e. The lowest BCUT2D eigenvalue weighted by molar-refractivity contribution is 0.343. The summed E-state index contributed by atoms with van der Waals surface area (Å²) in [7, 11) is 0. The average Bonchev–Trinajstić information content (AvgIpc) is 3.21. The van der Waals surface area contributed by atoms with Crippen molar-refractivity contribution in [3.63, 3.8) is 0 Å². The smallest absolute Gasteiger partial charge is 0.210 e. The highest BCUT2D eigenvalue weighted by atomic mass is 32.2. The Bertz CT molecular complexity index is 828. The first-order valence-electron chi connectivity index (χ1n) is 8.16. The molecule has 2 aromatic heterocycles. The van der Waals surface area contributed by atoms with Gasteiger partial charge in [-0.3, -0.25) is 0 Å². The molecule has 132 valence electrons. The van der Waals surface area contributed by atoms with E-state index in [0.29, 0.717) is 23.5 Å². The van der Waals surface area contributed by atoms with E-state index in [9.17, 15) is 0 Å². The Morgan fingerprint density at radius 2 is 2.12 bits per heavy atom. The van der Waals surface area contributed by atoms with E-state index in [1.165, 1.54) is 15.8 Å². The quantitative estimate of drug-likeness (QED) is 0.379. The number of hydrogen-bond acceptors (Lipinski definition) is 6. The first kappa shape index (κ1) is 17.8. The molecule has 7 heteroatoms. The molecule has 3 rings (SSSR count). The summed E-state index contributed by atoms with van der Waals surface area (Å²) in [5.41, 5.74) is 2.63. The van der Waals surface area contributed by atoms with Crippen LogP contribution in [0.15, 0.2) is 40.9 Å². The summed E-state index contributed by atoms with van der Waals surface area (Å²) >= 11 is 3.14. The fourth-order valence-electron chi connectivity index (χ4n) is 2.63. The third-order valence-corrected chi connectivity index (χ3v) is 5.63. The van der Waals surface area contributed by atoms with Gasteiger partial charge in [-0.2, -0.15) is 0 Å². The Morgan fingerprint density at radius 1 is 1.28 bits per heavy atom. The standard InChI is InChI=1S/C18H22N4OS2/c1-12(2)15-7-6-14(11-13(15)3)23-8-10-25-18-21-20-17(22(18)19)16-5-4-9-24-16/h4-7,9,11-12H,8,10,19H2,1-3H3. The van der Waals surface area contributed by atoms with Crippen LogP contribution in [0.3, 0.4) is 0 Å². The van der Waals surface area contributed by atoms with Gasteiger partial charge in [-0.05, 0) is 47.5 Å². The lowest BCUT2D eigenvalue weighted by Gasteiger charge is -2.12. The third-order valence-electron chi connectivity index (χ3n) is 3.85. The van der Waals surface area contributed by atoms with E-state index in [4.69, 9.17) is 10.6 Å². The van der Waals surface area contributed by atoms with Crippen LogP contribution in [0.2, 0.25) is 0 Å². The van der Waals surface area contributed by atoms with E-state index in [1.807, 2.05) is 23.6 Å². The van der Waals surface area contributed by atoms with Gasteiger partial charge in [-0.15, -0.1) is 21.5 Å². The molecule has 5 nitrogen and oxygen atoms in total. The maximum absolute atomic E-state index is 6.09. The lowest BCUT2D eigenvalue weighted by Crippen LogP contribution is -2.12. The molecule has 1 aromatic carbocycles. The molecule has 0 amide bonds. The highest BCUT2D eigenvalue weighted by Gasteiger charge is 2.12. The number of thioether (sulfide) groups is 1. The second-order valence-electron chi connectivity index (χ2n) is 6.02. The topological polar surface area (TPSA) is 66.0 Å². The van der Waals surface area contributed by atoms with Crippen molar-refractivity contribution in [1.82, 2.24) is 14.9 Å². The van der Waals surface area contributed by atoms with E-state index in [2.05, 4.69) is 43.1 Å². The second kappa shape index (κ2) is 7.93. The van der Waals surface area contributed by atoms with Gasteiger partial charge in [0.05, 0.1) is 11.5 Å². The summed E-state index contributed by atoms with van der Waals surface area (Å²) in [5, 5.41) is 11.0. The number of ether oxygens (including phenoxy) is 1. The Balaban J connectivity index is 1.53. The van der Waals surface area contributed by atoms with Crippen molar-refractivity contribution in [2.24, 2.45) is 0 Å². The van der Waals surface area contributed by atoms with Crippen molar-refractivity contribution >= 4 is 23.1 Å². The number of nitrogens with zero attached hydrogens (tertiary/aromatic N) is 3. The van der Waals surface area contributed by atoms with E-state index >= 15 is 0 Å². The molecule has 0 fully saturated rings. The summed E-state index contributed by atoms with van der Waals surface area (Å²) in [4.78, 5) is 1.01. The number of thiophene rings is 1. The number of rotatable bonds is 7. The molecule has 2 N–H and O–H groups in total. The monoisotopic (exact) mass is 374 g/mol. The lowest BCUT2D eigenvalue weighted by atomic mass is 9.98. The van der Waals surface area contributed by atoms with E-state index in [1.54, 1.807) is 23.1 Å². The highest BCUT2D eigenvalue weighted by Crippen LogP contribution is 2.26. The molecule has 0 saturated heterocycles. The summed E-state index contributed by atoms with van der Waals surface area (Å²) in [6, 6.07) is 10.2. The molecule has 0 aliphatic rings. The minimum absolute atomic E-state index is 0.526. The van der Waals surface area contributed by atoms with Crippen LogP contribution in [0, 0.1) is 6.92 Å². The number of nitrogen functional groups attached to an aromatic ring is 1. The van der Waals surface area contributed by atoms with Crippen LogP contribution in [0.5, 0.6) is 5.75 Å². The van der Waals surface area contributed by atoms with Crippen molar-refractivity contribution in [3.8, 4) is 16.5 Å². The van der Waals surface area contributed by atoms with Crippen LogP contribution >= 0.6 is 23.1 Å². The van der Waals surface area contributed by atoms with Crippen molar-refractivity contribution in [1.29, 1.82) is 0 Å². The van der Waals surface area contributed by atoms with Gasteiger partial charge in [0.25, 0.3) is 0 Å². The van der Waals surface area contributed by atoms with Gasteiger partial charge in [0.15, 0.2) is 5.82 Å². The normalized spacial score (nSPS) is 11.2. The number of aromatic nitrogens is 3. The predicted molar refractivity (Wildman–Crippen MR) is 105 cm³/mol. The van der Waals surface area contributed by atoms with E-state index < -0.39 is 0 Å². The van der Waals surface area contributed by atoms with Crippen LogP contribution in [-0.4, -0.2) is 27.2 Å². The zero-order valence-electron chi connectivity index (χ0n) is 14.6. The Hall–Kier alpha value is -1.99. The van der Waals surface area contributed by atoms with Crippen molar-refractivity contribution in [2.75, 3.05) is 18.2 Å². The van der Waals surface area contributed by atoms with Crippen LogP contribution in [0.4, 0.5) is 0 Å². The van der Waals surface area contributed by atoms with Crippen LogP contribution in [-0.2, 0) is 0 Å². The molecular weight excluding hydrogens is 352 g/mol. The first-order valence-corrected chi connectivity index (χ1v) is 10.0. The molecule has 0 unspecified atom stereocenters. The summed E-state index contributed by atoms with van der Waals surface area (Å²) in [6.07, 6.45) is 0. The first-order chi connectivity index (χ1) is 12.1. The fraction of sp³-hybridized carbons (Fsp3) is 0.333. The maximum Gasteiger partial charge on any atom is 0.210 e. The average molecular weight is 375 g/mol. The van der Waals surface area contributed by atoms with Crippen LogP contribution in [0.1, 0.15) is 30.9 Å². The molecule has 0 radical (unpaired) electrons. The van der Waals surface area contributed by atoms with Crippen molar-refractivity contribution < 1.29 is 4.74 Å². The predicted octanol–water partition coefficient (Wildman–Crippen LogP) is 4.32. The van der Waals surface area contributed by atoms with Gasteiger partial charge in [0.1, 0.15) is 5.75 Å². The van der Waals surface area contributed by atoms with Crippen molar-refractivity contribution in [2.45, 2.75) is 31.8 Å². The summed E-state index contributed by atoms with van der Waals surface area (Å²) in [6.45, 7) is 7.12. The highest BCUT2D eigenvalue weighted by molar-refractivity contribution is 7.99. The van der Waals surface area contributed by atoms with Gasteiger partial charge in [0, 0.05) is 5.75 Å². The third kappa shape index (κ3) is 4.16. The van der Waals surface area contributed by atoms with Gasteiger partial charge in [-0.1, -0.05) is 37.7 Å². The molecule has 3 aromatic rings. The zero-order valence-corrected chi connectivity index (χ0v) is 16.2. The SMILES string of the molecule is Cc1cc(OCCSc2nnc(-c3cccs3)n2N)ccc1C(C)C. The molecular formula is C18H22N4OS2. The molecule has 0 aliphatic heterocycles. The summed E-state index contributed by atoms with van der Waals surface area (Å²) in [5.74, 6) is 8.96. The van der Waals surface area contributed by atoms with E-state index in [0.717, 1.165) is 16.4 Å². The molecule has 0 atom stereocenters. The largest absolute Gasteiger partial charge is 0.493 e. The molecule has 0 saturated carbocycles. The van der Waals surface area contributed by atoms with Gasteiger partial charge >= 0.3 is 0 Å². The molecule has 0 spiro atoms. The van der Waals surface area contributed by atoms with Gasteiger partial charge in [-0.25, -0.2) is 4.68 Å². The molecule has 0 bridgehead atoms. The molecule has 25 heavy (non-hydrogen) atoms. The Morgan fingerprint density at radius 3 is 2.80 bits per heavy atom. The van der Waals surface area contributed by atoms with Crippen LogP contribution in [0.25, 0.3) is 10.7 Å². The Labute approximate surface area is 156 Å². The van der Waals surface area contributed by atoms with Crippen molar-refractivity contribution in [3.05, 3.63) is 46.8 Å². The minimum atomic E-state index is 0.526. The zero-order chi connectivity index (χ0) is 17.8.